The largest absolute Gasteiger partial charge is 0.279 e. The van der Waals surface area contributed by atoms with Gasteiger partial charge < -0.3 is 0 Å². The van der Waals surface area contributed by atoms with E-state index in [2.05, 4.69) is 0 Å². The summed E-state index contributed by atoms with van der Waals surface area (Å²) in [5, 5.41) is 40.6. The van der Waals surface area contributed by atoms with Crippen LogP contribution >= 0.6 is 0 Å². The zero-order chi connectivity index (χ0) is 19.1. The fourth-order valence-corrected chi connectivity index (χ4v) is 1.49. The topological polar surface area (TPSA) is 173 Å². The molecule has 0 bridgehead atoms. The van der Waals surface area contributed by atoms with Crippen LogP contribution in [-0.4, -0.2) is 19.7 Å². The monoisotopic (exact) mass is 374 g/mol. The second-order valence-corrected chi connectivity index (χ2v) is 4.22. The van der Waals surface area contributed by atoms with Crippen molar-refractivity contribution in [3.05, 3.63) is 88.7 Å². The molecule has 0 heterocycles. The van der Waals surface area contributed by atoms with Crippen molar-refractivity contribution in [2.24, 2.45) is 0 Å². The Labute approximate surface area is 141 Å². The van der Waals surface area contributed by atoms with Gasteiger partial charge in [-0.15, -0.1) is 0 Å². The Morgan fingerprint density at radius 1 is 0.615 bits per heavy atom. The summed E-state index contributed by atoms with van der Waals surface area (Å²) in [6, 6.07) is 6.53. The first kappa shape index (κ1) is 21.9. The van der Waals surface area contributed by atoms with Gasteiger partial charge in [-0.25, -0.2) is 4.39 Å². The van der Waals surface area contributed by atoms with Crippen LogP contribution in [0.15, 0.2) is 42.5 Å². The summed E-state index contributed by atoms with van der Waals surface area (Å²) in [6.45, 7) is 0. The molecular weight excluding hydrogens is 366 g/mol. The third-order valence-corrected chi connectivity index (χ3v) is 2.54. The van der Waals surface area contributed by atoms with E-state index in [1.54, 1.807) is 0 Å². The summed E-state index contributed by atoms with van der Waals surface area (Å²) >= 11 is 0. The molecule has 0 aliphatic heterocycles. The first-order valence-electron chi connectivity index (χ1n) is 6.10. The maximum Gasteiger partial charge on any atom is 0.279 e. The van der Waals surface area contributed by atoms with Gasteiger partial charge in [0.15, 0.2) is 0 Å². The van der Waals surface area contributed by atoms with Gasteiger partial charge in [0.05, 0.1) is 44.0 Å². The van der Waals surface area contributed by atoms with Crippen molar-refractivity contribution in [3.8, 4) is 0 Å². The van der Waals surface area contributed by atoms with Crippen LogP contribution in [0.2, 0.25) is 0 Å². The molecule has 2 aromatic carbocycles. The van der Waals surface area contributed by atoms with E-state index in [9.17, 15) is 44.8 Å². The summed E-state index contributed by atoms with van der Waals surface area (Å²) in [5.41, 5.74) is -1.81. The summed E-state index contributed by atoms with van der Waals surface area (Å²) in [6.07, 6.45) is 0. The van der Waals surface area contributed by atoms with Gasteiger partial charge in [-0.05, 0) is 6.07 Å². The minimum Gasteiger partial charge on any atom is -0.269 e. The van der Waals surface area contributed by atoms with Gasteiger partial charge in [-0.2, -0.15) is 0 Å². The zero-order valence-electron chi connectivity index (χ0n) is 12.4. The Kier molecular flexibility index (Phi) is 7.80. The Bertz CT molecular complexity index is 799. The minimum atomic E-state index is -0.999. The van der Waals surface area contributed by atoms with Crippen LogP contribution < -0.4 is 0 Å². The highest BCUT2D eigenvalue weighted by Gasteiger charge is 2.16. The molecular formula is C12H8F2N4O8. The van der Waals surface area contributed by atoms with Crippen molar-refractivity contribution >= 4 is 22.7 Å². The molecule has 0 radical (unpaired) electrons. The number of nitro groups is 4. The van der Waals surface area contributed by atoms with Gasteiger partial charge in [0, 0.05) is 12.1 Å². The standard InChI is InChI=1S/C6H3FN2O4.C6H4N2O4.FH/c7-4-1-5(8(10)11)3-6(2-4)9(12)13;9-7(10)5-2-1-3-6(4-5)8(11)12;/h1-3H;1-4H;1H. The molecule has 0 aromatic heterocycles. The third-order valence-electron chi connectivity index (χ3n) is 2.54. The first-order chi connectivity index (χ1) is 11.6. The minimum absolute atomic E-state index is 0. The summed E-state index contributed by atoms with van der Waals surface area (Å²) in [4.78, 5) is 37.5. The highest BCUT2D eigenvalue weighted by Crippen LogP contribution is 2.21. The van der Waals surface area contributed by atoms with Crippen LogP contribution in [0, 0.1) is 46.3 Å². The van der Waals surface area contributed by atoms with Crippen molar-refractivity contribution in [1.29, 1.82) is 0 Å². The van der Waals surface area contributed by atoms with Gasteiger partial charge in [0.1, 0.15) is 5.82 Å². The van der Waals surface area contributed by atoms with Crippen LogP contribution in [0.1, 0.15) is 0 Å². The van der Waals surface area contributed by atoms with E-state index in [1.807, 2.05) is 0 Å². The zero-order valence-corrected chi connectivity index (χ0v) is 12.4. The van der Waals surface area contributed by atoms with E-state index in [4.69, 9.17) is 0 Å². The highest BCUT2D eigenvalue weighted by atomic mass is 19.1. The maximum atomic E-state index is 12.5. The number of hydrogen-bond acceptors (Lipinski definition) is 8. The van der Waals surface area contributed by atoms with Crippen molar-refractivity contribution in [2.75, 3.05) is 0 Å². The molecule has 0 unspecified atom stereocenters. The van der Waals surface area contributed by atoms with Crippen molar-refractivity contribution in [2.45, 2.75) is 0 Å². The Hall–Kier alpha value is -4.10. The molecule has 0 spiro atoms. The van der Waals surface area contributed by atoms with Crippen LogP contribution in [0.3, 0.4) is 0 Å². The van der Waals surface area contributed by atoms with Crippen LogP contribution in [-0.2, 0) is 0 Å². The van der Waals surface area contributed by atoms with Crippen molar-refractivity contribution in [1.82, 2.24) is 0 Å². The summed E-state index contributed by atoms with van der Waals surface area (Å²) in [5.74, 6) is -0.999. The van der Waals surface area contributed by atoms with Crippen molar-refractivity contribution < 1.29 is 28.8 Å². The number of benzene rings is 2. The second kappa shape index (κ2) is 9.26. The number of nitrogens with zero attached hydrogens (tertiary/aromatic N) is 4. The molecule has 2 rings (SSSR count). The van der Waals surface area contributed by atoms with E-state index in [1.165, 1.54) is 18.2 Å². The molecule has 12 nitrogen and oxygen atoms in total. The number of hydrogen-bond donors (Lipinski definition) is 0. The number of non-ortho nitro benzene ring substituents is 4. The Morgan fingerprint density at radius 2 is 0.923 bits per heavy atom. The van der Waals surface area contributed by atoms with Crippen LogP contribution in [0.25, 0.3) is 0 Å². The molecule has 14 heteroatoms. The molecule has 138 valence electrons. The van der Waals surface area contributed by atoms with E-state index in [-0.39, 0.29) is 16.1 Å². The SMILES string of the molecule is F.O=[N+]([O-])c1cc(F)cc([N+](=O)[O-])c1.O=[N+]([O-])c1cccc([N+](=O)[O-])c1. The van der Waals surface area contributed by atoms with Gasteiger partial charge in [0.25, 0.3) is 22.7 Å². The lowest BCUT2D eigenvalue weighted by Gasteiger charge is -1.92. The van der Waals surface area contributed by atoms with E-state index in [0.717, 1.165) is 6.07 Å². The predicted molar refractivity (Wildman–Crippen MR) is 82.0 cm³/mol. The molecule has 0 aliphatic rings. The second-order valence-electron chi connectivity index (χ2n) is 4.22. The molecule has 0 atom stereocenters. The van der Waals surface area contributed by atoms with Crippen molar-refractivity contribution in [3.63, 3.8) is 0 Å². The first-order valence-corrected chi connectivity index (χ1v) is 6.10. The van der Waals surface area contributed by atoms with Gasteiger partial charge in [0.2, 0.25) is 0 Å². The fourth-order valence-electron chi connectivity index (χ4n) is 1.49. The Morgan fingerprint density at radius 3 is 1.23 bits per heavy atom. The summed E-state index contributed by atoms with van der Waals surface area (Å²) in [7, 11) is 0. The molecule has 0 fully saturated rings. The molecule has 0 saturated heterocycles. The smallest absolute Gasteiger partial charge is 0.269 e. The number of halogens is 2. The lowest BCUT2D eigenvalue weighted by Crippen LogP contribution is -1.93. The van der Waals surface area contributed by atoms with Gasteiger partial charge in [-0.3, -0.25) is 45.2 Å². The molecule has 0 aliphatic carbocycles. The number of rotatable bonds is 4. The molecule has 26 heavy (non-hydrogen) atoms. The third kappa shape index (κ3) is 6.19. The quantitative estimate of drug-likeness (QED) is 0.579. The lowest BCUT2D eigenvalue weighted by molar-refractivity contribution is -0.394. The predicted octanol–water partition coefficient (Wildman–Crippen LogP) is 3.30. The fraction of sp³-hybridized carbons (Fsp3) is 0. The summed E-state index contributed by atoms with van der Waals surface area (Å²) < 4.78 is 12.5. The van der Waals surface area contributed by atoms with Crippen LogP contribution in [0.4, 0.5) is 31.8 Å². The van der Waals surface area contributed by atoms with Crippen LogP contribution in [0.5, 0.6) is 0 Å². The average Bonchev–Trinajstić information content (AvgIpc) is 2.54. The lowest BCUT2D eigenvalue weighted by atomic mass is 10.3. The van der Waals surface area contributed by atoms with E-state index in [0.29, 0.717) is 18.2 Å². The van der Waals surface area contributed by atoms with Gasteiger partial charge in [-0.1, -0.05) is 0 Å². The van der Waals surface area contributed by atoms with E-state index < -0.39 is 36.9 Å². The normalized spacial score (nSPS) is 9.12. The molecule has 2 aromatic rings. The number of nitro benzene ring substituents is 4. The van der Waals surface area contributed by atoms with E-state index >= 15 is 0 Å². The molecule has 0 amide bonds. The van der Waals surface area contributed by atoms with Gasteiger partial charge >= 0.3 is 0 Å². The maximum absolute atomic E-state index is 12.5. The average molecular weight is 374 g/mol. The highest BCUT2D eigenvalue weighted by molar-refractivity contribution is 5.43. The molecule has 0 saturated carbocycles. The molecule has 0 N–H and O–H groups in total. The Balaban J connectivity index is 0.000000464.